The fourth-order valence-corrected chi connectivity index (χ4v) is 1.91. The van der Waals surface area contributed by atoms with Gasteiger partial charge in [0.25, 0.3) is 5.91 Å². The number of amides is 1. The van der Waals surface area contributed by atoms with Crippen molar-refractivity contribution >= 4 is 27.5 Å². The largest absolute Gasteiger partial charge is 0.393 e. The number of carbonyl (C=O) groups excluding carboxylic acids is 1. The third-order valence-corrected chi connectivity index (χ3v) is 3.01. The molecule has 2 rings (SSSR count). The Morgan fingerprint density at radius 3 is 2.75 bits per heavy atom. The van der Waals surface area contributed by atoms with Crippen LogP contribution in [0.4, 0.5) is 5.69 Å². The molecule has 0 aromatic heterocycles. The first-order valence-corrected chi connectivity index (χ1v) is 5.81. The maximum Gasteiger partial charge on any atom is 0.258 e. The number of carbonyl (C=O) groups is 1. The predicted molar refractivity (Wildman–Crippen MR) is 63.3 cm³/mol. The molecule has 1 aliphatic heterocycles. The van der Waals surface area contributed by atoms with Crippen molar-refractivity contribution in [2.45, 2.75) is 6.10 Å². The van der Waals surface area contributed by atoms with E-state index in [2.05, 4.69) is 15.9 Å². The average Bonchev–Trinajstić information content (AvgIpc) is 2.31. The number of hydrogen-bond acceptors (Lipinski definition) is 3. The van der Waals surface area contributed by atoms with Gasteiger partial charge in [0.05, 0.1) is 13.2 Å². The fourth-order valence-electron chi connectivity index (χ4n) is 1.65. The Labute approximate surface area is 102 Å². The number of rotatable bonds is 2. The molecule has 1 atom stereocenters. The summed E-state index contributed by atoms with van der Waals surface area (Å²) in [6, 6.07) is 7.49. The lowest BCUT2D eigenvalue weighted by molar-refractivity contribution is -0.136. The van der Waals surface area contributed by atoms with Gasteiger partial charge in [0.1, 0.15) is 0 Å². The minimum Gasteiger partial charge on any atom is -0.393 e. The van der Waals surface area contributed by atoms with Crippen molar-refractivity contribution in [3.8, 4) is 0 Å². The summed E-state index contributed by atoms with van der Waals surface area (Å²) in [7, 11) is 0. The Morgan fingerprint density at radius 1 is 1.44 bits per heavy atom. The minimum absolute atomic E-state index is 0.184. The summed E-state index contributed by atoms with van der Waals surface area (Å²) in [4.78, 5) is 13.5. The van der Waals surface area contributed by atoms with Gasteiger partial charge in [-0.05, 0) is 24.3 Å². The zero-order valence-electron chi connectivity index (χ0n) is 8.60. The minimum atomic E-state index is -0.725. The molecule has 1 amide bonds. The monoisotopic (exact) mass is 285 g/mol. The van der Waals surface area contributed by atoms with Gasteiger partial charge in [0, 0.05) is 16.7 Å². The first kappa shape index (κ1) is 11.6. The molecule has 1 aromatic rings. The average molecular weight is 286 g/mol. The highest BCUT2D eigenvalue weighted by atomic mass is 79.9. The van der Waals surface area contributed by atoms with Crippen molar-refractivity contribution in [2.24, 2.45) is 0 Å². The van der Waals surface area contributed by atoms with E-state index in [4.69, 9.17) is 9.84 Å². The Kier molecular flexibility index (Phi) is 3.58. The zero-order valence-corrected chi connectivity index (χ0v) is 10.2. The van der Waals surface area contributed by atoms with E-state index in [1.807, 2.05) is 24.3 Å². The molecule has 86 valence electrons. The second-order valence-electron chi connectivity index (χ2n) is 3.51. The van der Waals surface area contributed by atoms with E-state index < -0.39 is 6.10 Å². The number of ether oxygens (including phenoxy) is 1. The first-order valence-electron chi connectivity index (χ1n) is 5.02. The highest BCUT2D eigenvalue weighted by Gasteiger charge is 2.29. The van der Waals surface area contributed by atoms with Crippen LogP contribution in [0.3, 0.4) is 0 Å². The second-order valence-corrected chi connectivity index (χ2v) is 4.42. The van der Waals surface area contributed by atoms with E-state index in [9.17, 15) is 4.79 Å². The number of halogens is 1. The standard InChI is InChI=1S/C11H12BrNO3/c12-8-1-3-9(4-2-8)13-5-6-16-10(7-14)11(13)15/h1-4,10,14H,5-7H2. The Morgan fingerprint density at radius 2 is 2.12 bits per heavy atom. The van der Waals surface area contributed by atoms with Crippen molar-refractivity contribution < 1.29 is 14.6 Å². The van der Waals surface area contributed by atoms with Gasteiger partial charge in [-0.25, -0.2) is 0 Å². The highest BCUT2D eigenvalue weighted by Crippen LogP contribution is 2.21. The smallest absolute Gasteiger partial charge is 0.258 e. The van der Waals surface area contributed by atoms with E-state index >= 15 is 0 Å². The van der Waals surface area contributed by atoms with Gasteiger partial charge in [-0.1, -0.05) is 15.9 Å². The van der Waals surface area contributed by atoms with Gasteiger partial charge in [0.2, 0.25) is 0 Å². The highest BCUT2D eigenvalue weighted by molar-refractivity contribution is 9.10. The molecule has 0 saturated carbocycles. The SMILES string of the molecule is O=C1C(CO)OCCN1c1ccc(Br)cc1. The van der Waals surface area contributed by atoms with Crippen LogP contribution in [0.25, 0.3) is 0 Å². The number of hydrogen-bond donors (Lipinski definition) is 1. The first-order chi connectivity index (χ1) is 7.72. The number of aliphatic hydroxyl groups is 1. The van der Waals surface area contributed by atoms with Gasteiger partial charge in [-0.2, -0.15) is 0 Å². The lowest BCUT2D eigenvalue weighted by atomic mass is 10.2. The lowest BCUT2D eigenvalue weighted by Crippen LogP contribution is -2.49. The molecule has 1 aliphatic rings. The topological polar surface area (TPSA) is 49.8 Å². The van der Waals surface area contributed by atoms with E-state index in [0.29, 0.717) is 13.2 Å². The normalized spacial score (nSPS) is 21.2. The molecule has 5 heteroatoms. The molecule has 0 radical (unpaired) electrons. The predicted octanol–water partition coefficient (Wildman–Crippen LogP) is 1.17. The second kappa shape index (κ2) is 4.95. The maximum absolute atomic E-state index is 11.9. The van der Waals surface area contributed by atoms with Crippen LogP contribution in [0.2, 0.25) is 0 Å². The summed E-state index contributed by atoms with van der Waals surface area (Å²) in [5.41, 5.74) is 0.829. The van der Waals surface area contributed by atoms with E-state index in [-0.39, 0.29) is 12.5 Å². The molecule has 0 aliphatic carbocycles. The summed E-state index contributed by atoms with van der Waals surface area (Å²) in [6.45, 7) is 0.704. The number of nitrogens with zero attached hydrogens (tertiary/aromatic N) is 1. The van der Waals surface area contributed by atoms with Crippen molar-refractivity contribution in [3.63, 3.8) is 0 Å². The van der Waals surface area contributed by atoms with Crippen LogP contribution >= 0.6 is 15.9 Å². The summed E-state index contributed by atoms with van der Waals surface area (Å²) >= 11 is 3.34. The fraction of sp³-hybridized carbons (Fsp3) is 0.364. The van der Waals surface area contributed by atoms with E-state index in [0.717, 1.165) is 10.2 Å². The number of aliphatic hydroxyl groups excluding tert-OH is 1. The number of anilines is 1. The quantitative estimate of drug-likeness (QED) is 0.888. The third-order valence-electron chi connectivity index (χ3n) is 2.48. The molecule has 1 N–H and O–H groups in total. The van der Waals surface area contributed by atoms with Crippen molar-refractivity contribution in [3.05, 3.63) is 28.7 Å². The molecule has 16 heavy (non-hydrogen) atoms. The third kappa shape index (κ3) is 2.26. The maximum atomic E-state index is 11.9. The van der Waals surface area contributed by atoms with Crippen LogP contribution in [-0.2, 0) is 9.53 Å². The van der Waals surface area contributed by atoms with Crippen LogP contribution < -0.4 is 4.90 Å². The molecule has 1 heterocycles. The van der Waals surface area contributed by atoms with E-state index in [1.165, 1.54) is 0 Å². The summed E-state index contributed by atoms with van der Waals surface area (Å²) in [5.74, 6) is -0.184. The molecule has 0 bridgehead atoms. The van der Waals surface area contributed by atoms with Crippen LogP contribution in [0, 0.1) is 0 Å². The van der Waals surface area contributed by atoms with Crippen molar-refractivity contribution in [1.82, 2.24) is 0 Å². The molecular weight excluding hydrogens is 274 g/mol. The zero-order chi connectivity index (χ0) is 11.5. The number of benzene rings is 1. The van der Waals surface area contributed by atoms with Gasteiger partial charge in [0.15, 0.2) is 6.10 Å². The molecular formula is C11H12BrNO3. The Hall–Kier alpha value is -0.910. The van der Waals surface area contributed by atoms with Crippen molar-refractivity contribution in [2.75, 3.05) is 24.7 Å². The number of morpholine rings is 1. The van der Waals surface area contributed by atoms with Gasteiger partial charge >= 0.3 is 0 Å². The van der Waals surface area contributed by atoms with Gasteiger partial charge in [-0.3, -0.25) is 4.79 Å². The van der Waals surface area contributed by atoms with Crippen LogP contribution in [0.5, 0.6) is 0 Å². The Bertz CT molecular complexity index is 379. The molecule has 1 unspecified atom stereocenters. The van der Waals surface area contributed by atoms with Crippen LogP contribution in [-0.4, -0.2) is 36.9 Å². The van der Waals surface area contributed by atoms with Crippen LogP contribution in [0.15, 0.2) is 28.7 Å². The summed E-state index contributed by atoms with van der Waals surface area (Å²) in [5, 5.41) is 8.99. The van der Waals surface area contributed by atoms with E-state index in [1.54, 1.807) is 4.90 Å². The van der Waals surface area contributed by atoms with Gasteiger partial charge < -0.3 is 14.7 Å². The van der Waals surface area contributed by atoms with Gasteiger partial charge in [-0.15, -0.1) is 0 Å². The molecule has 4 nitrogen and oxygen atoms in total. The summed E-state index contributed by atoms with van der Waals surface area (Å²) < 4.78 is 6.13. The molecule has 1 saturated heterocycles. The van der Waals surface area contributed by atoms with Crippen molar-refractivity contribution in [1.29, 1.82) is 0 Å². The lowest BCUT2D eigenvalue weighted by Gasteiger charge is -2.31. The molecule has 1 fully saturated rings. The summed E-state index contributed by atoms with van der Waals surface area (Å²) in [6.07, 6.45) is -0.725. The van der Waals surface area contributed by atoms with Crippen LogP contribution in [0.1, 0.15) is 0 Å². The Balaban J connectivity index is 2.20. The molecule has 1 aromatic carbocycles. The molecule has 0 spiro atoms.